The maximum atomic E-state index is 13.2. The summed E-state index contributed by atoms with van der Waals surface area (Å²) in [6.45, 7) is 5.59. The fraction of sp³-hybridized carbons (Fsp3) is 0.250. The van der Waals surface area contributed by atoms with Crippen molar-refractivity contribution in [1.82, 2.24) is 5.32 Å². The maximum Gasteiger partial charge on any atom is 0.337 e. The van der Waals surface area contributed by atoms with Crippen molar-refractivity contribution in [2.75, 3.05) is 7.11 Å². The Bertz CT molecular complexity index is 1090. The normalized spacial score (nSPS) is 16.1. The third-order valence-corrected chi connectivity index (χ3v) is 6.00. The van der Waals surface area contributed by atoms with Gasteiger partial charge in [-0.25, -0.2) is 9.59 Å². The second-order valence-electron chi connectivity index (χ2n) is 7.33. The lowest BCUT2D eigenvalue weighted by Gasteiger charge is -2.30. The summed E-state index contributed by atoms with van der Waals surface area (Å²) in [7, 11) is 1.29. The first-order valence-electron chi connectivity index (χ1n) is 9.68. The quantitative estimate of drug-likeness (QED) is 0.601. The van der Waals surface area contributed by atoms with Crippen LogP contribution < -0.4 is 5.32 Å². The zero-order chi connectivity index (χ0) is 22.7. The number of aryl methyl sites for hydroxylation is 1. The van der Waals surface area contributed by atoms with Crippen LogP contribution in [0.25, 0.3) is 0 Å². The number of benzene rings is 2. The molecule has 5 nitrogen and oxygen atoms in total. The Hall–Kier alpha value is -2.76. The van der Waals surface area contributed by atoms with Crippen molar-refractivity contribution in [3.8, 4) is 0 Å². The number of dihydropyridines is 1. The number of halogens is 2. The number of ether oxygens (including phenoxy) is 2. The van der Waals surface area contributed by atoms with E-state index in [9.17, 15) is 9.59 Å². The minimum Gasteiger partial charge on any atom is -0.466 e. The molecule has 1 heterocycles. The smallest absolute Gasteiger partial charge is 0.337 e. The van der Waals surface area contributed by atoms with Crippen LogP contribution in [-0.4, -0.2) is 19.0 Å². The van der Waals surface area contributed by atoms with Gasteiger partial charge in [-0.3, -0.25) is 0 Å². The second-order valence-corrected chi connectivity index (χ2v) is 8.12. The molecule has 0 spiro atoms. The summed E-state index contributed by atoms with van der Waals surface area (Å²) >= 11 is 12.7. The predicted octanol–water partition coefficient (Wildman–Crippen LogP) is 5.45. The molecule has 1 aliphatic rings. The van der Waals surface area contributed by atoms with Crippen LogP contribution in [0.2, 0.25) is 10.0 Å². The standard InChI is InChI=1S/C24H23Cl2NO4/c1-13-8-10-16(11-9-13)12-31-24(29)20-15(3)27-14(2)19(23(28)30-4)21(20)17-6-5-7-18(25)22(17)26/h5-11,21,27H,12H2,1-4H3. The van der Waals surface area contributed by atoms with Gasteiger partial charge >= 0.3 is 11.9 Å². The lowest BCUT2D eigenvalue weighted by Crippen LogP contribution is -2.32. The molecule has 0 fully saturated rings. The van der Waals surface area contributed by atoms with Gasteiger partial charge in [0.15, 0.2) is 0 Å². The first kappa shape index (κ1) is 22.9. The SMILES string of the molecule is COC(=O)C1=C(C)NC(C)=C(C(=O)OCc2ccc(C)cc2)C1c1cccc(Cl)c1Cl. The monoisotopic (exact) mass is 459 g/mol. The van der Waals surface area contributed by atoms with E-state index < -0.39 is 17.9 Å². The van der Waals surface area contributed by atoms with Crippen molar-refractivity contribution in [1.29, 1.82) is 0 Å². The van der Waals surface area contributed by atoms with E-state index in [2.05, 4.69) is 5.32 Å². The zero-order valence-electron chi connectivity index (χ0n) is 17.7. The number of hydrogen-bond acceptors (Lipinski definition) is 5. The van der Waals surface area contributed by atoms with Crippen molar-refractivity contribution in [3.63, 3.8) is 0 Å². The van der Waals surface area contributed by atoms with Gasteiger partial charge in [-0.1, -0.05) is 65.2 Å². The lowest BCUT2D eigenvalue weighted by atomic mass is 9.80. The number of allylic oxidation sites excluding steroid dienone is 2. The molecule has 0 saturated carbocycles. The van der Waals surface area contributed by atoms with E-state index in [-0.39, 0.29) is 22.8 Å². The molecular weight excluding hydrogens is 437 g/mol. The van der Waals surface area contributed by atoms with E-state index in [0.717, 1.165) is 11.1 Å². The van der Waals surface area contributed by atoms with Crippen LogP contribution in [0.1, 0.15) is 36.5 Å². The zero-order valence-corrected chi connectivity index (χ0v) is 19.2. The summed E-state index contributed by atoms with van der Waals surface area (Å²) in [5.74, 6) is -1.91. The van der Waals surface area contributed by atoms with Crippen LogP contribution >= 0.6 is 23.2 Å². The van der Waals surface area contributed by atoms with Gasteiger partial charge in [0.05, 0.1) is 34.2 Å². The molecule has 0 amide bonds. The molecule has 2 aromatic carbocycles. The fourth-order valence-electron chi connectivity index (χ4n) is 3.61. The first-order chi connectivity index (χ1) is 14.7. The number of rotatable bonds is 5. The van der Waals surface area contributed by atoms with Gasteiger partial charge in [0, 0.05) is 11.4 Å². The van der Waals surface area contributed by atoms with Gasteiger partial charge in [-0.2, -0.15) is 0 Å². The number of carbonyl (C=O) groups is 2. The van der Waals surface area contributed by atoms with Gasteiger partial charge in [0.25, 0.3) is 0 Å². The molecule has 1 aliphatic heterocycles. The van der Waals surface area contributed by atoms with E-state index in [1.54, 1.807) is 32.0 Å². The first-order valence-corrected chi connectivity index (χ1v) is 10.4. The minimum absolute atomic E-state index is 0.0994. The topological polar surface area (TPSA) is 64.6 Å². The number of hydrogen-bond donors (Lipinski definition) is 1. The maximum absolute atomic E-state index is 13.2. The number of esters is 2. The Labute approximate surface area is 191 Å². The van der Waals surface area contributed by atoms with E-state index in [1.807, 2.05) is 31.2 Å². The van der Waals surface area contributed by atoms with Gasteiger partial charge in [0.1, 0.15) is 6.61 Å². The van der Waals surface area contributed by atoms with Crippen molar-refractivity contribution < 1.29 is 19.1 Å². The molecule has 31 heavy (non-hydrogen) atoms. The highest BCUT2D eigenvalue weighted by Gasteiger charge is 2.39. The summed E-state index contributed by atoms with van der Waals surface area (Å²) < 4.78 is 10.6. The van der Waals surface area contributed by atoms with E-state index in [1.165, 1.54) is 7.11 Å². The highest BCUT2D eigenvalue weighted by Crippen LogP contribution is 2.43. The lowest BCUT2D eigenvalue weighted by molar-refractivity contribution is -0.140. The molecule has 0 bridgehead atoms. The molecule has 0 aromatic heterocycles. The Morgan fingerprint density at radius 1 is 0.935 bits per heavy atom. The average Bonchev–Trinajstić information content (AvgIpc) is 2.74. The molecule has 1 N–H and O–H groups in total. The van der Waals surface area contributed by atoms with E-state index in [0.29, 0.717) is 22.0 Å². The van der Waals surface area contributed by atoms with Crippen molar-refractivity contribution in [2.45, 2.75) is 33.3 Å². The van der Waals surface area contributed by atoms with Gasteiger partial charge < -0.3 is 14.8 Å². The molecule has 0 saturated heterocycles. The molecule has 1 unspecified atom stereocenters. The van der Waals surface area contributed by atoms with E-state index >= 15 is 0 Å². The van der Waals surface area contributed by atoms with Crippen LogP contribution in [0.3, 0.4) is 0 Å². The largest absolute Gasteiger partial charge is 0.466 e. The fourth-order valence-corrected chi connectivity index (χ4v) is 4.03. The number of methoxy groups -OCH3 is 1. The van der Waals surface area contributed by atoms with Crippen LogP contribution in [-0.2, 0) is 25.7 Å². The van der Waals surface area contributed by atoms with Crippen molar-refractivity contribution in [3.05, 3.63) is 91.7 Å². The van der Waals surface area contributed by atoms with Crippen LogP contribution in [0.4, 0.5) is 0 Å². The minimum atomic E-state index is -0.787. The van der Waals surface area contributed by atoms with Crippen LogP contribution in [0.5, 0.6) is 0 Å². The summed E-state index contributed by atoms with van der Waals surface area (Å²) in [4.78, 5) is 25.9. The van der Waals surface area contributed by atoms with Gasteiger partial charge in [-0.05, 0) is 38.0 Å². The summed E-state index contributed by atoms with van der Waals surface area (Å²) in [6, 6.07) is 12.8. The molecule has 1 atom stereocenters. The highest BCUT2D eigenvalue weighted by atomic mass is 35.5. The predicted molar refractivity (Wildman–Crippen MR) is 121 cm³/mol. The molecule has 2 aromatic rings. The van der Waals surface area contributed by atoms with Crippen LogP contribution in [0.15, 0.2) is 65.0 Å². The molecule has 0 radical (unpaired) electrons. The van der Waals surface area contributed by atoms with Gasteiger partial charge in [-0.15, -0.1) is 0 Å². The molecule has 162 valence electrons. The Balaban J connectivity index is 2.03. The van der Waals surface area contributed by atoms with Crippen molar-refractivity contribution >= 4 is 35.1 Å². The van der Waals surface area contributed by atoms with Gasteiger partial charge in [0.2, 0.25) is 0 Å². The number of nitrogens with one attached hydrogen (secondary N) is 1. The summed E-state index contributed by atoms with van der Waals surface area (Å²) in [5.41, 5.74) is 4.20. The summed E-state index contributed by atoms with van der Waals surface area (Å²) in [5, 5.41) is 3.69. The van der Waals surface area contributed by atoms with Crippen molar-refractivity contribution in [2.24, 2.45) is 0 Å². The Morgan fingerprint density at radius 3 is 2.16 bits per heavy atom. The molecule has 0 aliphatic carbocycles. The Kier molecular flexibility index (Phi) is 7.08. The molecular formula is C24H23Cl2NO4. The van der Waals surface area contributed by atoms with Crippen LogP contribution in [0, 0.1) is 6.92 Å². The molecule has 3 rings (SSSR count). The summed E-state index contributed by atoms with van der Waals surface area (Å²) in [6.07, 6.45) is 0. The highest BCUT2D eigenvalue weighted by molar-refractivity contribution is 6.42. The average molecular weight is 460 g/mol. The number of carbonyl (C=O) groups excluding carboxylic acids is 2. The van der Waals surface area contributed by atoms with E-state index in [4.69, 9.17) is 32.7 Å². The molecule has 7 heteroatoms. The third kappa shape index (κ3) is 4.78. The second kappa shape index (κ2) is 9.58. The Morgan fingerprint density at radius 2 is 1.55 bits per heavy atom. The third-order valence-electron chi connectivity index (χ3n) is 5.17.